The second kappa shape index (κ2) is 11.5. The summed E-state index contributed by atoms with van der Waals surface area (Å²) in [4.78, 5) is 14.1. The first-order valence-corrected chi connectivity index (χ1v) is 12.9. The number of rotatable bonds is 9. The molecule has 0 atom stereocenters. The van der Waals surface area contributed by atoms with E-state index in [1.54, 1.807) is 0 Å². The van der Waals surface area contributed by atoms with Crippen molar-refractivity contribution in [3.63, 3.8) is 0 Å². The molecule has 0 radical (unpaired) electrons. The zero-order valence-corrected chi connectivity index (χ0v) is 20.9. The third-order valence-electron chi connectivity index (χ3n) is 6.53. The molecule has 1 heterocycles. The summed E-state index contributed by atoms with van der Waals surface area (Å²) in [5.41, 5.74) is 5.06. The fraction of sp³-hybridized carbons (Fsp3) is 0.345. The predicted molar refractivity (Wildman–Crippen MR) is 141 cm³/mol. The Kier molecular flexibility index (Phi) is 8.17. The van der Waals surface area contributed by atoms with Crippen molar-refractivity contribution in [2.75, 3.05) is 37.5 Å². The molecule has 4 rings (SSSR count). The molecule has 0 saturated heterocycles. The largest absolute Gasteiger partial charge is 0.482 e. The monoisotopic (exact) mass is 475 g/mol. The van der Waals surface area contributed by atoms with Crippen LogP contribution in [-0.4, -0.2) is 38.5 Å². The van der Waals surface area contributed by atoms with Crippen LogP contribution >= 0.6 is 11.8 Å². The normalized spacial score (nSPS) is 13.6. The molecule has 0 bridgehead atoms. The van der Waals surface area contributed by atoms with Gasteiger partial charge in [-0.2, -0.15) is 0 Å². The topological polar surface area (TPSA) is 38.8 Å². The molecule has 0 spiro atoms. The van der Waals surface area contributed by atoms with Crippen molar-refractivity contribution >= 4 is 23.4 Å². The Labute approximate surface area is 207 Å². The van der Waals surface area contributed by atoms with Gasteiger partial charge in [-0.3, -0.25) is 0 Å². The molecule has 5 heteroatoms. The maximum Gasteiger partial charge on any atom is 0.343 e. The highest BCUT2D eigenvalue weighted by molar-refractivity contribution is 8.00. The number of hydrogen-bond donors (Lipinski definition) is 0. The van der Waals surface area contributed by atoms with Gasteiger partial charge in [0, 0.05) is 30.1 Å². The minimum atomic E-state index is -0.361. The van der Waals surface area contributed by atoms with Crippen molar-refractivity contribution in [2.24, 2.45) is 0 Å². The molecule has 3 aromatic rings. The third-order valence-corrected chi connectivity index (χ3v) is 7.96. The molecule has 4 nitrogen and oxygen atoms in total. The Morgan fingerprint density at radius 1 is 0.941 bits per heavy atom. The Morgan fingerprint density at radius 3 is 2.26 bits per heavy atom. The molecule has 0 fully saturated rings. The van der Waals surface area contributed by atoms with Gasteiger partial charge in [0.15, 0.2) is 6.61 Å². The van der Waals surface area contributed by atoms with E-state index in [1.807, 2.05) is 23.9 Å². The van der Waals surface area contributed by atoms with Gasteiger partial charge in [0.05, 0.1) is 11.9 Å². The number of carbonyl (C=O) groups is 1. The van der Waals surface area contributed by atoms with Gasteiger partial charge in [0.2, 0.25) is 0 Å². The number of hydrogen-bond acceptors (Lipinski definition) is 5. The second-order valence-electron chi connectivity index (χ2n) is 8.68. The highest BCUT2D eigenvalue weighted by atomic mass is 32.2. The number of ether oxygens (including phenoxy) is 2. The summed E-state index contributed by atoms with van der Waals surface area (Å²) in [6.07, 6.45) is 3.22. The molecule has 0 N–H and O–H groups in total. The van der Waals surface area contributed by atoms with Crippen LogP contribution in [0.1, 0.15) is 36.5 Å². The summed E-state index contributed by atoms with van der Waals surface area (Å²) in [7, 11) is 1.38. The number of benzene rings is 3. The van der Waals surface area contributed by atoms with Crippen LogP contribution in [-0.2, 0) is 20.7 Å². The van der Waals surface area contributed by atoms with Crippen LogP contribution in [0.3, 0.4) is 0 Å². The molecule has 0 amide bonds. The average Bonchev–Trinajstić information content (AvgIpc) is 3.11. The molecule has 0 aromatic heterocycles. The molecule has 34 heavy (non-hydrogen) atoms. The van der Waals surface area contributed by atoms with Crippen molar-refractivity contribution in [1.82, 2.24) is 0 Å². The zero-order valence-electron chi connectivity index (χ0n) is 20.0. The van der Waals surface area contributed by atoms with Crippen LogP contribution in [0.15, 0.2) is 78.9 Å². The lowest BCUT2D eigenvalue weighted by Crippen LogP contribution is -2.29. The van der Waals surface area contributed by atoms with E-state index in [2.05, 4.69) is 78.6 Å². The Morgan fingerprint density at radius 2 is 1.62 bits per heavy atom. The number of fused-ring (bicyclic) bond motifs is 1. The van der Waals surface area contributed by atoms with Crippen molar-refractivity contribution in [3.8, 4) is 5.75 Å². The molecular formula is C29H33NO3S. The third kappa shape index (κ3) is 5.58. The van der Waals surface area contributed by atoms with E-state index in [1.165, 1.54) is 29.5 Å². The zero-order chi connectivity index (χ0) is 23.8. The smallest absolute Gasteiger partial charge is 0.343 e. The van der Waals surface area contributed by atoms with Gasteiger partial charge in [-0.15, -0.1) is 11.8 Å². The molecule has 1 aliphatic rings. The van der Waals surface area contributed by atoms with Gasteiger partial charge in [-0.25, -0.2) is 4.79 Å². The molecule has 0 saturated carbocycles. The highest BCUT2D eigenvalue weighted by Gasteiger charge is 2.29. The van der Waals surface area contributed by atoms with Gasteiger partial charge in [-0.05, 0) is 49.4 Å². The highest BCUT2D eigenvalue weighted by Crippen LogP contribution is 2.43. The number of carbonyl (C=O) groups excluding carboxylic acids is 1. The van der Waals surface area contributed by atoms with E-state index < -0.39 is 0 Å². The number of thioether (sulfide) groups is 1. The van der Waals surface area contributed by atoms with Gasteiger partial charge in [0.1, 0.15) is 5.75 Å². The SMILES string of the molecule is COC(=O)COc1cccc2c1CCCCN2CCSC(C)(c1ccccc1)c1ccccc1. The fourth-order valence-electron chi connectivity index (χ4n) is 4.60. The van der Waals surface area contributed by atoms with Crippen molar-refractivity contribution in [3.05, 3.63) is 95.6 Å². The molecule has 0 unspecified atom stereocenters. The van der Waals surface area contributed by atoms with Crippen LogP contribution in [0.2, 0.25) is 0 Å². The Bertz CT molecular complexity index is 1030. The first-order chi connectivity index (χ1) is 16.6. The van der Waals surface area contributed by atoms with E-state index in [0.717, 1.165) is 43.9 Å². The second-order valence-corrected chi connectivity index (χ2v) is 10.2. The lowest BCUT2D eigenvalue weighted by Gasteiger charge is -2.32. The summed E-state index contributed by atoms with van der Waals surface area (Å²) >= 11 is 1.99. The van der Waals surface area contributed by atoms with Gasteiger partial charge >= 0.3 is 5.97 Å². The van der Waals surface area contributed by atoms with Gasteiger partial charge in [0.25, 0.3) is 0 Å². The summed E-state index contributed by atoms with van der Waals surface area (Å²) in [6, 6.07) is 27.7. The van der Waals surface area contributed by atoms with Crippen LogP contribution in [0.5, 0.6) is 5.75 Å². The van der Waals surface area contributed by atoms with Crippen molar-refractivity contribution in [1.29, 1.82) is 0 Å². The first-order valence-electron chi connectivity index (χ1n) is 11.9. The fourth-order valence-corrected chi connectivity index (χ4v) is 5.92. The minimum Gasteiger partial charge on any atom is -0.482 e. The summed E-state index contributed by atoms with van der Waals surface area (Å²) < 4.78 is 10.4. The van der Waals surface area contributed by atoms with Crippen LogP contribution in [0, 0.1) is 0 Å². The maximum absolute atomic E-state index is 11.6. The minimum absolute atomic E-state index is 0.0602. The molecule has 3 aromatic carbocycles. The summed E-state index contributed by atoms with van der Waals surface area (Å²) in [5, 5.41) is 0. The van der Waals surface area contributed by atoms with E-state index in [9.17, 15) is 4.79 Å². The number of anilines is 1. The quantitative estimate of drug-likeness (QED) is 0.351. The number of esters is 1. The van der Waals surface area contributed by atoms with Crippen LogP contribution in [0.4, 0.5) is 5.69 Å². The van der Waals surface area contributed by atoms with E-state index in [-0.39, 0.29) is 17.3 Å². The van der Waals surface area contributed by atoms with E-state index in [0.29, 0.717) is 0 Å². The van der Waals surface area contributed by atoms with Crippen LogP contribution < -0.4 is 9.64 Å². The summed E-state index contributed by atoms with van der Waals surface area (Å²) in [5.74, 6) is 1.42. The predicted octanol–water partition coefficient (Wildman–Crippen LogP) is 6.08. The summed E-state index contributed by atoms with van der Waals surface area (Å²) in [6.45, 7) is 4.25. The van der Waals surface area contributed by atoms with Crippen LogP contribution in [0.25, 0.3) is 0 Å². The average molecular weight is 476 g/mol. The van der Waals surface area contributed by atoms with E-state index in [4.69, 9.17) is 9.47 Å². The Balaban J connectivity index is 1.52. The number of methoxy groups -OCH3 is 1. The lowest BCUT2D eigenvalue weighted by molar-refractivity contribution is -0.142. The van der Waals surface area contributed by atoms with Gasteiger partial charge in [-0.1, -0.05) is 66.7 Å². The molecular weight excluding hydrogens is 442 g/mol. The lowest BCUT2D eigenvalue weighted by atomic mass is 9.92. The molecule has 0 aliphatic carbocycles. The molecule has 178 valence electrons. The van der Waals surface area contributed by atoms with E-state index >= 15 is 0 Å². The van der Waals surface area contributed by atoms with Gasteiger partial charge < -0.3 is 14.4 Å². The van der Waals surface area contributed by atoms with Crippen molar-refractivity contribution < 1.29 is 14.3 Å². The maximum atomic E-state index is 11.6. The first kappa shape index (κ1) is 24.2. The molecule has 1 aliphatic heterocycles. The number of nitrogens with zero attached hydrogens (tertiary/aromatic N) is 1. The Hall–Kier alpha value is -2.92. The van der Waals surface area contributed by atoms with Crippen molar-refractivity contribution in [2.45, 2.75) is 30.9 Å². The standard InChI is InChI=1S/C29H33NO3S/c1-29(23-12-5-3-6-13-23,24-14-7-4-8-15-24)34-21-20-30-19-10-9-16-25-26(30)17-11-18-27(25)33-22-28(31)32-2/h3-8,11-15,17-18H,9-10,16,19-22H2,1-2H3.